The predicted molar refractivity (Wildman–Crippen MR) is 94.2 cm³/mol. The van der Waals surface area contributed by atoms with Crippen LogP contribution in [0.2, 0.25) is 0 Å². The molecular formula is C18H17F6N3O2. The Morgan fingerprint density at radius 2 is 1.55 bits per heavy atom. The average Bonchev–Trinajstić information content (AvgIpc) is 2.60. The predicted octanol–water partition coefficient (Wildman–Crippen LogP) is 4.59. The maximum Gasteiger partial charge on any atom is 0.573 e. The lowest BCUT2D eigenvalue weighted by atomic mass is 10.1. The van der Waals surface area contributed by atoms with Crippen molar-refractivity contribution in [1.29, 1.82) is 0 Å². The molecule has 0 fully saturated rings. The molecule has 2 aromatic rings. The number of rotatable bonds is 7. The fourth-order valence-corrected chi connectivity index (χ4v) is 2.16. The molecule has 11 heteroatoms. The number of ether oxygens (including phenoxy) is 2. The van der Waals surface area contributed by atoms with Crippen molar-refractivity contribution in [2.75, 3.05) is 11.9 Å². The minimum atomic E-state index is -4.85. The van der Waals surface area contributed by atoms with E-state index in [-0.39, 0.29) is 24.8 Å². The van der Waals surface area contributed by atoms with Crippen LogP contribution in [0.5, 0.6) is 5.75 Å². The summed E-state index contributed by atoms with van der Waals surface area (Å²) in [7, 11) is 0. The Bertz CT molecular complexity index is 820. The third-order valence-corrected chi connectivity index (χ3v) is 3.36. The van der Waals surface area contributed by atoms with Gasteiger partial charge in [0.1, 0.15) is 6.61 Å². The Morgan fingerprint density at radius 3 is 2.17 bits per heavy atom. The van der Waals surface area contributed by atoms with E-state index in [9.17, 15) is 26.3 Å². The van der Waals surface area contributed by atoms with Crippen molar-refractivity contribution in [2.45, 2.75) is 25.7 Å². The third kappa shape index (κ3) is 8.73. The molecule has 29 heavy (non-hydrogen) atoms. The van der Waals surface area contributed by atoms with Crippen molar-refractivity contribution in [3.63, 3.8) is 0 Å². The van der Waals surface area contributed by atoms with Crippen LogP contribution in [0.25, 0.3) is 0 Å². The number of aliphatic imine (C=N–C) groups is 1. The number of nitrogens with one attached hydrogen (secondary N) is 1. The van der Waals surface area contributed by atoms with Crippen LogP contribution in [0.4, 0.5) is 32.0 Å². The van der Waals surface area contributed by atoms with Crippen LogP contribution in [-0.2, 0) is 17.9 Å². The summed E-state index contributed by atoms with van der Waals surface area (Å²) in [6.07, 6.45) is -9.24. The van der Waals surface area contributed by atoms with Gasteiger partial charge in [0.25, 0.3) is 0 Å². The highest BCUT2D eigenvalue weighted by Gasteiger charge is 2.32. The summed E-state index contributed by atoms with van der Waals surface area (Å²) in [5, 5.41) is 2.53. The molecule has 2 aromatic carbocycles. The molecule has 0 radical (unpaired) electrons. The highest BCUT2D eigenvalue weighted by molar-refractivity contribution is 5.93. The Hall–Kier alpha value is -2.95. The first-order valence-electron chi connectivity index (χ1n) is 8.16. The monoisotopic (exact) mass is 421 g/mol. The summed E-state index contributed by atoms with van der Waals surface area (Å²) >= 11 is 0. The molecule has 158 valence electrons. The second-order valence-electron chi connectivity index (χ2n) is 5.79. The largest absolute Gasteiger partial charge is 0.573 e. The topological polar surface area (TPSA) is 68.9 Å². The third-order valence-electron chi connectivity index (χ3n) is 3.36. The molecule has 0 heterocycles. The molecular weight excluding hydrogens is 404 g/mol. The van der Waals surface area contributed by atoms with E-state index in [1.807, 2.05) is 0 Å². The van der Waals surface area contributed by atoms with Gasteiger partial charge >= 0.3 is 12.5 Å². The lowest BCUT2D eigenvalue weighted by Crippen LogP contribution is -2.24. The van der Waals surface area contributed by atoms with Crippen LogP contribution in [0.15, 0.2) is 53.5 Å². The number of alkyl halides is 6. The van der Waals surface area contributed by atoms with Gasteiger partial charge in [0.2, 0.25) is 0 Å². The van der Waals surface area contributed by atoms with E-state index in [0.717, 1.165) is 6.07 Å². The second kappa shape index (κ2) is 9.50. The molecule has 0 saturated carbocycles. The smallest absolute Gasteiger partial charge is 0.404 e. The van der Waals surface area contributed by atoms with Crippen LogP contribution >= 0.6 is 0 Å². The van der Waals surface area contributed by atoms with E-state index in [1.54, 1.807) is 24.3 Å². The number of nitrogens with two attached hydrogens (primary N) is 1. The van der Waals surface area contributed by atoms with Gasteiger partial charge < -0.3 is 20.5 Å². The number of anilines is 1. The van der Waals surface area contributed by atoms with Crippen molar-refractivity contribution in [3.8, 4) is 5.75 Å². The summed E-state index contributed by atoms with van der Waals surface area (Å²) in [5.41, 5.74) is 6.92. The summed E-state index contributed by atoms with van der Waals surface area (Å²) in [4.78, 5) is 4.02. The van der Waals surface area contributed by atoms with E-state index in [0.29, 0.717) is 11.1 Å². The number of benzene rings is 2. The number of nitrogens with zero attached hydrogens (tertiary/aromatic N) is 1. The molecule has 0 aliphatic carbocycles. The average molecular weight is 421 g/mol. The van der Waals surface area contributed by atoms with E-state index in [1.165, 1.54) is 18.2 Å². The quantitative estimate of drug-likeness (QED) is 0.390. The van der Waals surface area contributed by atoms with Gasteiger partial charge in [-0.05, 0) is 23.3 Å². The van der Waals surface area contributed by atoms with Crippen molar-refractivity contribution in [2.24, 2.45) is 10.7 Å². The van der Waals surface area contributed by atoms with Crippen LogP contribution in [0, 0.1) is 0 Å². The van der Waals surface area contributed by atoms with E-state index >= 15 is 0 Å². The zero-order valence-corrected chi connectivity index (χ0v) is 14.8. The summed E-state index contributed by atoms with van der Waals surface area (Å²) < 4.78 is 81.8. The summed E-state index contributed by atoms with van der Waals surface area (Å²) in [5.74, 6) is -0.595. The molecule has 2 rings (SSSR count). The lowest BCUT2D eigenvalue weighted by Gasteiger charge is -2.14. The number of guanidine groups is 1. The Balaban J connectivity index is 1.92. The standard InChI is InChI=1S/C18H17F6N3O2/c19-17(20,21)11-28-10-13-7-5-12(6-8-13)9-26-16(25)27-14-3-1-2-4-15(14)29-18(22,23)24/h1-8H,9-11H2,(H3,25,26,27). The van der Waals surface area contributed by atoms with Crippen LogP contribution in [0.3, 0.4) is 0 Å². The van der Waals surface area contributed by atoms with Gasteiger partial charge in [0, 0.05) is 0 Å². The SMILES string of the molecule is NC(=NCc1ccc(COCC(F)(F)F)cc1)Nc1ccccc1OC(F)(F)F. The Morgan fingerprint density at radius 1 is 0.931 bits per heavy atom. The zero-order valence-electron chi connectivity index (χ0n) is 14.8. The maximum absolute atomic E-state index is 12.4. The molecule has 0 atom stereocenters. The molecule has 0 amide bonds. The molecule has 0 bridgehead atoms. The first kappa shape index (κ1) is 22.3. The number of halogens is 6. The number of para-hydroxylation sites is 2. The van der Waals surface area contributed by atoms with Crippen LogP contribution < -0.4 is 15.8 Å². The van der Waals surface area contributed by atoms with E-state index in [4.69, 9.17) is 5.73 Å². The number of hydrogen-bond acceptors (Lipinski definition) is 3. The second-order valence-corrected chi connectivity index (χ2v) is 5.79. The molecule has 0 aromatic heterocycles. The van der Waals surface area contributed by atoms with Crippen molar-refractivity contribution >= 4 is 11.6 Å². The molecule has 0 saturated heterocycles. The van der Waals surface area contributed by atoms with Crippen molar-refractivity contribution in [1.82, 2.24) is 0 Å². The van der Waals surface area contributed by atoms with Gasteiger partial charge in [-0.2, -0.15) is 13.2 Å². The highest BCUT2D eigenvalue weighted by Crippen LogP contribution is 2.29. The first-order valence-corrected chi connectivity index (χ1v) is 8.16. The maximum atomic E-state index is 12.4. The van der Waals surface area contributed by atoms with Crippen molar-refractivity contribution in [3.05, 3.63) is 59.7 Å². The Labute approximate surface area is 162 Å². The van der Waals surface area contributed by atoms with Gasteiger partial charge in [-0.3, -0.25) is 0 Å². The minimum absolute atomic E-state index is 0.0109. The zero-order chi connectivity index (χ0) is 21.5. The van der Waals surface area contributed by atoms with Gasteiger partial charge in [-0.25, -0.2) is 4.99 Å². The number of hydrogen-bond donors (Lipinski definition) is 2. The lowest BCUT2D eigenvalue weighted by molar-refractivity contribution is -0.274. The van der Waals surface area contributed by atoms with Gasteiger partial charge in [-0.15, -0.1) is 13.2 Å². The molecule has 3 N–H and O–H groups in total. The fourth-order valence-electron chi connectivity index (χ4n) is 2.16. The Kier molecular flexibility index (Phi) is 7.32. The van der Waals surface area contributed by atoms with Gasteiger partial charge in [-0.1, -0.05) is 36.4 Å². The van der Waals surface area contributed by atoms with E-state index < -0.39 is 24.9 Å². The minimum Gasteiger partial charge on any atom is -0.404 e. The van der Waals surface area contributed by atoms with Gasteiger partial charge in [0.05, 0.1) is 18.8 Å². The summed E-state index contributed by atoms with van der Waals surface area (Å²) in [6, 6.07) is 11.8. The van der Waals surface area contributed by atoms with Crippen molar-refractivity contribution < 1.29 is 35.8 Å². The van der Waals surface area contributed by atoms with Crippen LogP contribution in [-0.4, -0.2) is 25.1 Å². The van der Waals surface area contributed by atoms with Gasteiger partial charge in [0.15, 0.2) is 11.7 Å². The van der Waals surface area contributed by atoms with E-state index in [2.05, 4.69) is 19.8 Å². The molecule has 0 aliphatic heterocycles. The normalized spacial score (nSPS) is 12.7. The van der Waals surface area contributed by atoms with Crippen LogP contribution in [0.1, 0.15) is 11.1 Å². The first-order chi connectivity index (χ1) is 13.5. The molecule has 0 spiro atoms. The highest BCUT2D eigenvalue weighted by atomic mass is 19.4. The molecule has 5 nitrogen and oxygen atoms in total. The molecule has 0 unspecified atom stereocenters. The fraction of sp³-hybridized carbons (Fsp3) is 0.278. The summed E-state index contributed by atoms with van der Waals surface area (Å²) in [6.45, 7) is -1.42. The molecule has 0 aliphatic rings.